The van der Waals surface area contributed by atoms with Gasteiger partial charge >= 0.3 is 5.97 Å². The van der Waals surface area contributed by atoms with Crippen LogP contribution in [0.2, 0.25) is 0 Å². The van der Waals surface area contributed by atoms with E-state index in [1.165, 1.54) is 7.05 Å². The van der Waals surface area contributed by atoms with Crippen LogP contribution in [0.5, 0.6) is 0 Å². The lowest BCUT2D eigenvalue weighted by molar-refractivity contribution is -0.145. The normalized spacial score (nSPS) is 12.0. The number of amides is 2. The van der Waals surface area contributed by atoms with Crippen molar-refractivity contribution in [2.24, 2.45) is 5.92 Å². The lowest BCUT2D eigenvalue weighted by Crippen LogP contribution is -2.51. The number of benzene rings is 2. The number of hydrogen-bond acceptors (Lipinski definition) is 3. The van der Waals surface area contributed by atoms with Crippen LogP contribution in [0.4, 0.5) is 0 Å². The van der Waals surface area contributed by atoms with E-state index in [0.29, 0.717) is 0 Å². The summed E-state index contributed by atoms with van der Waals surface area (Å²) in [4.78, 5) is 36.8. The molecule has 0 aliphatic rings. The van der Waals surface area contributed by atoms with Crippen molar-refractivity contribution in [2.45, 2.75) is 26.3 Å². The Kier molecular flexibility index (Phi) is 6.33. The fourth-order valence-electron chi connectivity index (χ4n) is 2.79. The maximum Gasteiger partial charge on any atom is 0.323 e. The first kappa shape index (κ1) is 19.4. The summed E-state index contributed by atoms with van der Waals surface area (Å²) in [6.07, 6.45) is 0.157. The number of nitrogens with zero attached hydrogens (tertiary/aromatic N) is 1. The van der Waals surface area contributed by atoms with E-state index in [1.54, 1.807) is 0 Å². The Balaban J connectivity index is 2.06. The van der Waals surface area contributed by atoms with Crippen LogP contribution in [0.3, 0.4) is 0 Å². The molecule has 0 saturated carbocycles. The number of fused-ring (bicyclic) bond motifs is 1. The van der Waals surface area contributed by atoms with Gasteiger partial charge in [-0.15, -0.1) is 0 Å². The number of carbonyl (C=O) groups excluding carboxylic acids is 2. The standard InChI is InChI=1S/C20H24N2O4/c1-13(2)19(20(26)22(3)12-18(24)25)21-17(23)11-14-8-9-15-6-4-5-7-16(15)10-14/h4-10,13,19H,11-12H2,1-3H3,(H,21,23)(H,24,25). The topological polar surface area (TPSA) is 86.7 Å². The summed E-state index contributed by atoms with van der Waals surface area (Å²) in [5.41, 5.74) is 0.857. The third-order valence-electron chi connectivity index (χ3n) is 4.18. The molecule has 1 unspecified atom stereocenters. The zero-order valence-electron chi connectivity index (χ0n) is 15.2. The van der Waals surface area contributed by atoms with E-state index in [-0.39, 0.29) is 18.2 Å². The summed E-state index contributed by atoms with van der Waals surface area (Å²) in [7, 11) is 1.42. The smallest absolute Gasteiger partial charge is 0.323 e. The van der Waals surface area contributed by atoms with E-state index in [0.717, 1.165) is 21.2 Å². The zero-order chi connectivity index (χ0) is 19.3. The molecule has 0 aliphatic heterocycles. The molecule has 2 rings (SSSR count). The molecule has 0 fully saturated rings. The predicted molar refractivity (Wildman–Crippen MR) is 99.7 cm³/mol. The molecule has 2 aromatic rings. The number of hydrogen-bond donors (Lipinski definition) is 2. The van der Waals surface area contributed by atoms with Crippen molar-refractivity contribution in [1.82, 2.24) is 10.2 Å². The second-order valence-corrected chi connectivity index (χ2v) is 6.74. The Morgan fingerprint density at radius 1 is 1.08 bits per heavy atom. The summed E-state index contributed by atoms with van der Waals surface area (Å²) in [6, 6.07) is 12.9. The van der Waals surface area contributed by atoms with E-state index in [2.05, 4.69) is 5.32 Å². The molecule has 26 heavy (non-hydrogen) atoms. The van der Waals surface area contributed by atoms with Crippen LogP contribution in [0.15, 0.2) is 42.5 Å². The average molecular weight is 356 g/mol. The van der Waals surface area contributed by atoms with Crippen LogP contribution in [0, 0.1) is 5.92 Å². The Morgan fingerprint density at radius 2 is 1.73 bits per heavy atom. The molecule has 6 nitrogen and oxygen atoms in total. The zero-order valence-corrected chi connectivity index (χ0v) is 15.2. The Hall–Kier alpha value is -2.89. The number of rotatable bonds is 7. The molecule has 138 valence electrons. The largest absolute Gasteiger partial charge is 0.480 e. The maximum atomic E-state index is 12.4. The van der Waals surface area contributed by atoms with E-state index < -0.39 is 24.5 Å². The minimum atomic E-state index is -1.09. The highest BCUT2D eigenvalue weighted by atomic mass is 16.4. The molecular weight excluding hydrogens is 332 g/mol. The Labute approximate surface area is 152 Å². The maximum absolute atomic E-state index is 12.4. The van der Waals surface area contributed by atoms with Crippen LogP contribution in [0.1, 0.15) is 19.4 Å². The van der Waals surface area contributed by atoms with Crippen molar-refractivity contribution in [2.75, 3.05) is 13.6 Å². The number of carbonyl (C=O) groups is 3. The molecule has 0 spiro atoms. The molecule has 0 aromatic heterocycles. The average Bonchev–Trinajstić information content (AvgIpc) is 2.58. The molecule has 0 aliphatic carbocycles. The van der Waals surface area contributed by atoms with Gasteiger partial charge in [0.2, 0.25) is 11.8 Å². The van der Waals surface area contributed by atoms with Gasteiger partial charge in [-0.25, -0.2) is 0 Å². The van der Waals surface area contributed by atoms with Crippen LogP contribution < -0.4 is 5.32 Å². The first-order valence-corrected chi connectivity index (χ1v) is 8.51. The lowest BCUT2D eigenvalue weighted by Gasteiger charge is -2.26. The van der Waals surface area contributed by atoms with Gasteiger partial charge in [0.05, 0.1) is 6.42 Å². The van der Waals surface area contributed by atoms with Gasteiger partial charge in [-0.05, 0) is 22.3 Å². The van der Waals surface area contributed by atoms with Crippen LogP contribution in [-0.4, -0.2) is 47.4 Å². The van der Waals surface area contributed by atoms with Gasteiger partial charge in [0.25, 0.3) is 0 Å². The van der Waals surface area contributed by atoms with Crippen molar-refractivity contribution >= 4 is 28.6 Å². The third kappa shape index (κ3) is 5.05. The van der Waals surface area contributed by atoms with Gasteiger partial charge in [-0.1, -0.05) is 56.3 Å². The summed E-state index contributed by atoms with van der Waals surface area (Å²) in [5.74, 6) is -1.92. The molecule has 2 aromatic carbocycles. The van der Waals surface area contributed by atoms with Gasteiger partial charge in [0.1, 0.15) is 12.6 Å². The minimum Gasteiger partial charge on any atom is -0.480 e. The second-order valence-electron chi connectivity index (χ2n) is 6.74. The molecule has 2 N–H and O–H groups in total. The third-order valence-corrected chi connectivity index (χ3v) is 4.18. The fourth-order valence-corrected chi connectivity index (χ4v) is 2.79. The Bertz CT molecular complexity index is 816. The quantitative estimate of drug-likeness (QED) is 0.795. The number of carboxylic acids is 1. The minimum absolute atomic E-state index is 0.153. The number of aliphatic carboxylic acids is 1. The summed E-state index contributed by atoms with van der Waals surface area (Å²) >= 11 is 0. The summed E-state index contributed by atoms with van der Waals surface area (Å²) < 4.78 is 0. The van der Waals surface area contributed by atoms with Crippen LogP contribution in [0.25, 0.3) is 10.8 Å². The van der Waals surface area contributed by atoms with E-state index in [4.69, 9.17) is 5.11 Å². The Morgan fingerprint density at radius 3 is 2.35 bits per heavy atom. The first-order chi connectivity index (χ1) is 12.3. The highest BCUT2D eigenvalue weighted by Gasteiger charge is 2.27. The van der Waals surface area contributed by atoms with Crippen LogP contribution in [-0.2, 0) is 20.8 Å². The van der Waals surface area contributed by atoms with Crippen molar-refractivity contribution in [3.63, 3.8) is 0 Å². The van der Waals surface area contributed by atoms with Gasteiger partial charge < -0.3 is 15.3 Å². The van der Waals surface area contributed by atoms with Gasteiger partial charge in [0, 0.05) is 7.05 Å². The van der Waals surface area contributed by atoms with Crippen molar-refractivity contribution < 1.29 is 19.5 Å². The van der Waals surface area contributed by atoms with Crippen molar-refractivity contribution in [3.8, 4) is 0 Å². The van der Waals surface area contributed by atoms with Crippen LogP contribution >= 0.6 is 0 Å². The van der Waals surface area contributed by atoms with E-state index in [9.17, 15) is 14.4 Å². The molecular formula is C20H24N2O4. The molecule has 1 atom stereocenters. The van der Waals surface area contributed by atoms with Crippen molar-refractivity contribution in [3.05, 3.63) is 48.0 Å². The molecule has 0 bridgehead atoms. The number of nitrogens with one attached hydrogen (secondary N) is 1. The van der Waals surface area contributed by atoms with Gasteiger partial charge in [-0.2, -0.15) is 0 Å². The SMILES string of the molecule is CC(C)C(NC(=O)Cc1ccc2ccccc2c1)C(=O)N(C)CC(=O)O. The monoisotopic (exact) mass is 356 g/mol. The molecule has 2 amide bonds. The second kappa shape index (κ2) is 8.47. The van der Waals surface area contributed by atoms with Gasteiger partial charge in [-0.3, -0.25) is 14.4 Å². The molecule has 0 radical (unpaired) electrons. The lowest BCUT2D eigenvalue weighted by atomic mass is 10.0. The number of carboxylic acid groups (broad SMARTS) is 1. The summed E-state index contributed by atoms with van der Waals surface area (Å²) in [6.45, 7) is 3.23. The molecule has 6 heteroatoms. The summed E-state index contributed by atoms with van der Waals surface area (Å²) in [5, 5.41) is 13.7. The predicted octanol–water partition coefficient (Wildman–Crippen LogP) is 2.07. The van der Waals surface area contributed by atoms with Crippen molar-refractivity contribution in [1.29, 1.82) is 0 Å². The van der Waals surface area contributed by atoms with Gasteiger partial charge in [0.15, 0.2) is 0 Å². The first-order valence-electron chi connectivity index (χ1n) is 8.51. The van der Waals surface area contributed by atoms with E-state index in [1.807, 2.05) is 56.3 Å². The van der Waals surface area contributed by atoms with E-state index >= 15 is 0 Å². The highest BCUT2D eigenvalue weighted by Crippen LogP contribution is 2.16. The molecule has 0 saturated heterocycles. The number of likely N-dealkylation sites (N-methyl/N-ethyl adjacent to an activating group) is 1. The molecule has 0 heterocycles. The fraction of sp³-hybridized carbons (Fsp3) is 0.350. The highest BCUT2D eigenvalue weighted by molar-refractivity contribution is 5.91.